The Labute approximate surface area is 227 Å². The number of carbonyl (C=O) groups is 3. The van der Waals surface area contributed by atoms with Crippen LogP contribution in [-0.2, 0) is 27.2 Å². The van der Waals surface area contributed by atoms with Crippen molar-refractivity contribution < 1.29 is 24.2 Å². The van der Waals surface area contributed by atoms with E-state index in [9.17, 15) is 19.5 Å². The minimum absolute atomic E-state index is 0.0312. The number of rotatable bonds is 13. The fraction of sp³-hybridized carbons (Fsp3) is 0.700. The zero-order valence-corrected chi connectivity index (χ0v) is 23.6. The number of benzene rings is 1. The molecule has 3 unspecified atom stereocenters. The van der Waals surface area contributed by atoms with Crippen molar-refractivity contribution in [2.75, 3.05) is 19.6 Å². The van der Waals surface area contributed by atoms with E-state index in [1.165, 1.54) is 24.8 Å². The molecule has 1 aromatic rings. The predicted octanol–water partition coefficient (Wildman–Crippen LogP) is 3.08. The van der Waals surface area contributed by atoms with E-state index in [4.69, 9.17) is 4.74 Å². The van der Waals surface area contributed by atoms with Gasteiger partial charge >= 0.3 is 0 Å². The lowest BCUT2D eigenvalue weighted by Crippen LogP contribution is -2.47. The Morgan fingerprint density at radius 1 is 1.11 bits per heavy atom. The third-order valence-corrected chi connectivity index (χ3v) is 8.14. The van der Waals surface area contributed by atoms with Gasteiger partial charge in [-0.05, 0) is 76.3 Å². The summed E-state index contributed by atoms with van der Waals surface area (Å²) < 4.78 is 6.44. The minimum Gasteiger partial charge on any atom is -0.489 e. The Bertz CT molecular complexity index is 952. The lowest BCUT2D eigenvalue weighted by molar-refractivity contribution is -0.133. The van der Waals surface area contributed by atoms with Crippen molar-refractivity contribution in [3.8, 4) is 5.75 Å². The first kappa shape index (κ1) is 30.1. The van der Waals surface area contributed by atoms with Crippen LogP contribution >= 0.6 is 0 Å². The summed E-state index contributed by atoms with van der Waals surface area (Å²) in [7, 11) is 0. The molecule has 0 saturated heterocycles. The van der Waals surface area contributed by atoms with Gasteiger partial charge in [0, 0.05) is 13.1 Å². The molecule has 1 saturated carbocycles. The van der Waals surface area contributed by atoms with Crippen LogP contribution in [0.15, 0.2) is 18.2 Å². The molecule has 8 heteroatoms. The van der Waals surface area contributed by atoms with E-state index in [1.54, 1.807) is 27.7 Å². The summed E-state index contributed by atoms with van der Waals surface area (Å²) in [5.74, 6) is 0.388. The van der Waals surface area contributed by atoms with Crippen LogP contribution in [0.4, 0.5) is 0 Å². The standard InChI is InChI=1S/C30H47N3O5/c1-20(30(3,4)37)29(36)33-19-26(35)31-17-9-14-23-12-8-13-24-15-16-25(38-28(23)24)18-32-27(21(2)34)22-10-6-5-7-11-22/h8,12-13,20,22,25,27,32,37H,5-7,9-11,14-19H2,1-4H3,(H,31,35)(H,33,36). The first-order chi connectivity index (χ1) is 18.1. The number of nitrogens with one attached hydrogen (secondary N) is 3. The second-order valence-corrected chi connectivity index (χ2v) is 11.6. The van der Waals surface area contributed by atoms with Gasteiger partial charge in [-0.25, -0.2) is 0 Å². The Morgan fingerprint density at radius 2 is 1.84 bits per heavy atom. The van der Waals surface area contributed by atoms with E-state index in [2.05, 4.69) is 34.1 Å². The predicted molar refractivity (Wildman–Crippen MR) is 148 cm³/mol. The van der Waals surface area contributed by atoms with Crippen molar-refractivity contribution in [1.29, 1.82) is 0 Å². The highest BCUT2D eigenvalue weighted by Crippen LogP contribution is 2.32. The van der Waals surface area contributed by atoms with Gasteiger partial charge in [0.1, 0.15) is 17.6 Å². The normalized spacial score (nSPS) is 19.6. The quantitative estimate of drug-likeness (QED) is 0.292. The number of carbonyl (C=O) groups excluding carboxylic acids is 3. The maximum absolute atomic E-state index is 12.3. The monoisotopic (exact) mass is 529 g/mol. The van der Waals surface area contributed by atoms with Gasteiger partial charge in [-0.15, -0.1) is 0 Å². The lowest BCUT2D eigenvalue weighted by atomic mass is 9.82. The van der Waals surface area contributed by atoms with E-state index in [1.807, 2.05) is 0 Å². The van der Waals surface area contributed by atoms with Crippen LogP contribution in [0.3, 0.4) is 0 Å². The number of hydrogen-bond acceptors (Lipinski definition) is 6. The van der Waals surface area contributed by atoms with Crippen LogP contribution in [0.2, 0.25) is 0 Å². The molecule has 3 atom stereocenters. The maximum Gasteiger partial charge on any atom is 0.239 e. The fourth-order valence-corrected chi connectivity index (χ4v) is 5.45. The first-order valence-corrected chi connectivity index (χ1v) is 14.3. The molecule has 4 N–H and O–H groups in total. The minimum atomic E-state index is -1.14. The van der Waals surface area contributed by atoms with Gasteiger partial charge in [-0.1, -0.05) is 44.4 Å². The number of amides is 2. The van der Waals surface area contributed by atoms with Crippen LogP contribution in [-0.4, -0.2) is 60.1 Å². The molecule has 1 fully saturated rings. The van der Waals surface area contributed by atoms with E-state index in [-0.39, 0.29) is 36.3 Å². The summed E-state index contributed by atoms with van der Waals surface area (Å²) in [5, 5.41) is 18.9. The Kier molecular flexibility index (Phi) is 11.2. The van der Waals surface area contributed by atoms with E-state index < -0.39 is 11.5 Å². The summed E-state index contributed by atoms with van der Waals surface area (Å²) in [6, 6.07) is 6.17. The molecule has 0 aromatic heterocycles. The van der Waals surface area contributed by atoms with Gasteiger partial charge in [-0.2, -0.15) is 0 Å². The maximum atomic E-state index is 12.3. The van der Waals surface area contributed by atoms with Crippen LogP contribution in [0, 0.1) is 11.8 Å². The molecule has 3 rings (SSSR count). The Morgan fingerprint density at radius 3 is 2.53 bits per heavy atom. The SMILES string of the molecule is CC(=O)C(NCC1CCc2cccc(CCCNC(=O)CNC(=O)C(C)C(C)(C)O)c2O1)C1CCCCC1. The number of ketones is 1. The molecule has 2 amide bonds. The number of Topliss-reactive ketones (excluding diaryl/α,β-unsaturated/α-hetero) is 1. The number of para-hydroxylation sites is 1. The molecule has 8 nitrogen and oxygen atoms in total. The van der Waals surface area contributed by atoms with Gasteiger partial charge in [-0.3, -0.25) is 14.4 Å². The molecule has 1 aliphatic carbocycles. The largest absolute Gasteiger partial charge is 0.489 e. The smallest absolute Gasteiger partial charge is 0.239 e. The van der Waals surface area contributed by atoms with E-state index in [0.29, 0.717) is 19.0 Å². The number of aryl methyl sites for hydroxylation is 2. The summed E-state index contributed by atoms with van der Waals surface area (Å²) in [6.07, 6.45) is 9.36. The van der Waals surface area contributed by atoms with E-state index >= 15 is 0 Å². The summed E-state index contributed by atoms with van der Waals surface area (Å²) >= 11 is 0. The average molecular weight is 530 g/mol. The number of hydrogen-bond donors (Lipinski definition) is 4. The lowest BCUT2D eigenvalue weighted by Gasteiger charge is -2.33. The number of ether oxygens (including phenoxy) is 1. The second kappa shape index (κ2) is 14.1. The second-order valence-electron chi connectivity index (χ2n) is 11.6. The molecular formula is C30H47N3O5. The van der Waals surface area contributed by atoms with Crippen molar-refractivity contribution in [2.45, 2.75) is 103 Å². The Hall–Kier alpha value is -2.45. The van der Waals surface area contributed by atoms with Crippen molar-refractivity contribution >= 4 is 17.6 Å². The van der Waals surface area contributed by atoms with Gasteiger partial charge in [0.05, 0.1) is 24.1 Å². The molecular weight excluding hydrogens is 482 g/mol. The molecule has 1 heterocycles. The van der Waals surface area contributed by atoms with Crippen LogP contribution < -0.4 is 20.7 Å². The summed E-state index contributed by atoms with van der Waals surface area (Å²) in [5.41, 5.74) is 1.20. The number of aliphatic hydroxyl groups is 1. The van der Waals surface area contributed by atoms with Crippen molar-refractivity contribution in [3.05, 3.63) is 29.3 Å². The molecule has 38 heavy (non-hydrogen) atoms. The highest BCUT2D eigenvalue weighted by Gasteiger charge is 2.30. The molecule has 0 radical (unpaired) electrons. The Balaban J connectivity index is 1.44. The molecule has 0 spiro atoms. The molecule has 212 valence electrons. The highest BCUT2D eigenvalue weighted by molar-refractivity contribution is 5.86. The van der Waals surface area contributed by atoms with Crippen molar-refractivity contribution in [1.82, 2.24) is 16.0 Å². The van der Waals surface area contributed by atoms with Gasteiger partial charge < -0.3 is 25.8 Å². The fourth-order valence-electron chi connectivity index (χ4n) is 5.45. The van der Waals surface area contributed by atoms with E-state index in [0.717, 1.165) is 49.8 Å². The van der Waals surface area contributed by atoms with Gasteiger partial charge in [0.2, 0.25) is 11.8 Å². The summed E-state index contributed by atoms with van der Waals surface area (Å²) in [4.78, 5) is 36.6. The van der Waals surface area contributed by atoms with Crippen molar-refractivity contribution in [2.24, 2.45) is 11.8 Å². The third-order valence-electron chi connectivity index (χ3n) is 8.14. The van der Waals surface area contributed by atoms with Gasteiger partial charge in [0.15, 0.2) is 0 Å². The van der Waals surface area contributed by atoms with Crippen LogP contribution in [0.1, 0.15) is 83.8 Å². The molecule has 0 bridgehead atoms. The third kappa shape index (κ3) is 8.80. The van der Waals surface area contributed by atoms with Gasteiger partial charge in [0.25, 0.3) is 0 Å². The van der Waals surface area contributed by atoms with Crippen molar-refractivity contribution in [3.63, 3.8) is 0 Å². The highest BCUT2D eigenvalue weighted by atomic mass is 16.5. The average Bonchev–Trinajstić information content (AvgIpc) is 2.89. The summed E-state index contributed by atoms with van der Waals surface area (Å²) in [6.45, 7) is 7.53. The zero-order chi connectivity index (χ0) is 27.7. The number of fused-ring (bicyclic) bond motifs is 1. The van der Waals surface area contributed by atoms with Crippen LogP contribution in [0.25, 0.3) is 0 Å². The topological polar surface area (TPSA) is 117 Å². The first-order valence-electron chi connectivity index (χ1n) is 14.3. The molecule has 2 aliphatic rings. The molecule has 1 aliphatic heterocycles. The zero-order valence-electron chi connectivity index (χ0n) is 23.6. The molecule has 1 aromatic carbocycles. The van der Waals surface area contributed by atoms with Crippen LogP contribution in [0.5, 0.6) is 5.75 Å².